The Morgan fingerprint density at radius 2 is 1.81 bits per heavy atom. The maximum Gasteiger partial charge on any atom is 0.222 e. The van der Waals surface area contributed by atoms with Gasteiger partial charge in [0.05, 0.1) is 0 Å². The summed E-state index contributed by atoms with van der Waals surface area (Å²) < 4.78 is 0. The predicted octanol–water partition coefficient (Wildman–Crippen LogP) is 4.04. The molecule has 0 saturated carbocycles. The largest absolute Gasteiger partial charge is 0.353 e. The number of rotatable bonds is 6. The Morgan fingerprint density at radius 1 is 1.03 bits per heavy atom. The first kappa shape index (κ1) is 21.8. The zero-order valence-corrected chi connectivity index (χ0v) is 19.1. The highest BCUT2D eigenvalue weighted by Crippen LogP contribution is 2.24. The summed E-state index contributed by atoms with van der Waals surface area (Å²) in [6, 6.07) is 12.9. The number of nitrogens with zero attached hydrogens (tertiary/aromatic N) is 4. The van der Waals surface area contributed by atoms with Crippen LogP contribution in [-0.2, 0) is 11.3 Å². The summed E-state index contributed by atoms with van der Waals surface area (Å²) in [6.45, 7) is 11.0. The average Bonchev–Trinajstić information content (AvgIpc) is 2.78. The number of carbonyl (C=O) groups excluding carboxylic acids is 1. The third-order valence-corrected chi connectivity index (χ3v) is 6.66. The van der Waals surface area contributed by atoms with Crippen LogP contribution >= 0.6 is 0 Å². The quantitative estimate of drug-likeness (QED) is 0.707. The monoisotopic (exact) mass is 420 g/mol. The van der Waals surface area contributed by atoms with Gasteiger partial charge in [0.15, 0.2) is 0 Å². The van der Waals surface area contributed by atoms with E-state index in [4.69, 9.17) is 0 Å². The molecular formula is C26H36N4O. The van der Waals surface area contributed by atoms with Gasteiger partial charge in [-0.25, -0.2) is 4.98 Å². The van der Waals surface area contributed by atoms with Crippen molar-refractivity contribution in [3.05, 3.63) is 59.3 Å². The standard InChI is InChI=1S/C26H36N4O/c1-21-16-22(2)18-24(17-21)20-28-11-5-6-23(19-28)8-9-26(31)30-14-12-29(13-15-30)25-7-3-4-10-27-25/h3-4,7,10,16-18,23H,5-6,8-9,11-15,19-20H2,1-2H3/t23-/m0/s1. The Bertz CT molecular complexity index is 841. The molecule has 2 aliphatic heterocycles. The van der Waals surface area contributed by atoms with Crippen molar-refractivity contribution in [2.24, 2.45) is 5.92 Å². The minimum Gasteiger partial charge on any atom is -0.353 e. The molecule has 2 aliphatic rings. The number of hydrogen-bond donors (Lipinski definition) is 0. The van der Waals surface area contributed by atoms with Crippen molar-refractivity contribution >= 4 is 11.7 Å². The van der Waals surface area contributed by atoms with Gasteiger partial charge in [0.25, 0.3) is 0 Å². The number of aromatic nitrogens is 1. The molecule has 0 unspecified atom stereocenters. The lowest BCUT2D eigenvalue weighted by Gasteiger charge is -2.36. The molecular weight excluding hydrogens is 384 g/mol. The van der Waals surface area contributed by atoms with Crippen LogP contribution in [0.15, 0.2) is 42.6 Å². The summed E-state index contributed by atoms with van der Waals surface area (Å²) in [4.78, 5) is 24.2. The summed E-state index contributed by atoms with van der Waals surface area (Å²) in [5.74, 6) is 1.98. The summed E-state index contributed by atoms with van der Waals surface area (Å²) in [6.07, 6.45) is 6.03. The molecule has 31 heavy (non-hydrogen) atoms. The van der Waals surface area contributed by atoms with E-state index in [-0.39, 0.29) is 0 Å². The minimum absolute atomic E-state index is 0.326. The lowest BCUT2D eigenvalue weighted by atomic mass is 9.92. The molecule has 0 N–H and O–H groups in total. The van der Waals surface area contributed by atoms with Crippen molar-refractivity contribution in [3.63, 3.8) is 0 Å². The van der Waals surface area contributed by atoms with E-state index in [0.717, 1.165) is 51.5 Å². The van der Waals surface area contributed by atoms with Crippen LogP contribution in [0.25, 0.3) is 0 Å². The van der Waals surface area contributed by atoms with Gasteiger partial charge < -0.3 is 9.80 Å². The second-order valence-electron chi connectivity index (χ2n) is 9.33. The van der Waals surface area contributed by atoms with Gasteiger partial charge in [-0.05, 0) is 63.3 Å². The van der Waals surface area contributed by atoms with Gasteiger partial charge in [0, 0.05) is 51.9 Å². The Kier molecular flexibility index (Phi) is 7.23. The van der Waals surface area contributed by atoms with E-state index in [9.17, 15) is 4.79 Å². The van der Waals surface area contributed by atoms with Crippen molar-refractivity contribution in [1.29, 1.82) is 0 Å². The number of likely N-dealkylation sites (tertiary alicyclic amines) is 1. The Hall–Kier alpha value is -2.40. The molecule has 4 rings (SSSR count). The minimum atomic E-state index is 0.326. The molecule has 0 spiro atoms. The van der Waals surface area contributed by atoms with Crippen molar-refractivity contribution in [1.82, 2.24) is 14.8 Å². The molecule has 0 bridgehead atoms. The molecule has 0 aliphatic carbocycles. The smallest absolute Gasteiger partial charge is 0.222 e. The highest BCUT2D eigenvalue weighted by Gasteiger charge is 2.24. The summed E-state index contributed by atoms with van der Waals surface area (Å²) >= 11 is 0. The van der Waals surface area contributed by atoms with Crippen LogP contribution in [0.1, 0.15) is 42.4 Å². The molecule has 0 radical (unpaired) electrons. The molecule has 2 fully saturated rings. The first-order valence-electron chi connectivity index (χ1n) is 11.8. The van der Waals surface area contributed by atoms with Gasteiger partial charge in [-0.1, -0.05) is 35.4 Å². The SMILES string of the molecule is Cc1cc(C)cc(CN2CCC[C@@H](CCC(=O)N3CCN(c4ccccn4)CC3)C2)c1. The molecule has 5 heteroatoms. The fourth-order valence-corrected chi connectivity index (χ4v) is 5.16. The van der Waals surface area contributed by atoms with E-state index in [1.54, 1.807) is 0 Å². The number of benzene rings is 1. The highest BCUT2D eigenvalue weighted by atomic mass is 16.2. The van der Waals surface area contributed by atoms with Gasteiger partial charge >= 0.3 is 0 Å². The van der Waals surface area contributed by atoms with Crippen LogP contribution in [0, 0.1) is 19.8 Å². The lowest BCUT2D eigenvalue weighted by Crippen LogP contribution is -2.49. The van der Waals surface area contributed by atoms with Crippen LogP contribution in [-0.4, -0.2) is 60.0 Å². The van der Waals surface area contributed by atoms with Crippen LogP contribution < -0.4 is 4.90 Å². The van der Waals surface area contributed by atoms with Crippen LogP contribution in [0.5, 0.6) is 0 Å². The highest BCUT2D eigenvalue weighted by molar-refractivity contribution is 5.76. The summed E-state index contributed by atoms with van der Waals surface area (Å²) in [7, 11) is 0. The van der Waals surface area contributed by atoms with Crippen LogP contribution in [0.3, 0.4) is 0 Å². The number of piperazine rings is 1. The summed E-state index contributed by atoms with van der Waals surface area (Å²) in [5, 5.41) is 0. The maximum absolute atomic E-state index is 12.8. The number of aryl methyl sites for hydroxylation is 2. The zero-order chi connectivity index (χ0) is 21.6. The second kappa shape index (κ2) is 10.3. The van der Waals surface area contributed by atoms with Crippen LogP contribution in [0.4, 0.5) is 5.82 Å². The van der Waals surface area contributed by atoms with E-state index < -0.39 is 0 Å². The van der Waals surface area contributed by atoms with E-state index in [1.807, 2.05) is 24.4 Å². The first-order chi connectivity index (χ1) is 15.1. The first-order valence-corrected chi connectivity index (χ1v) is 11.8. The average molecular weight is 421 g/mol. The fraction of sp³-hybridized carbons (Fsp3) is 0.538. The van der Waals surface area contributed by atoms with Gasteiger partial charge in [0.1, 0.15) is 5.82 Å². The zero-order valence-electron chi connectivity index (χ0n) is 19.1. The molecule has 2 saturated heterocycles. The molecule has 5 nitrogen and oxygen atoms in total. The topological polar surface area (TPSA) is 39.7 Å². The molecule has 1 aromatic carbocycles. The molecule has 1 aromatic heterocycles. The maximum atomic E-state index is 12.8. The van der Waals surface area contributed by atoms with Crippen LogP contribution in [0.2, 0.25) is 0 Å². The predicted molar refractivity (Wildman–Crippen MR) is 126 cm³/mol. The van der Waals surface area contributed by atoms with Gasteiger partial charge in [-0.15, -0.1) is 0 Å². The van der Waals surface area contributed by atoms with Gasteiger partial charge in [-0.2, -0.15) is 0 Å². The number of hydrogen-bond acceptors (Lipinski definition) is 4. The van der Waals surface area contributed by atoms with E-state index in [2.05, 4.69) is 51.7 Å². The fourth-order valence-electron chi connectivity index (χ4n) is 5.16. The van der Waals surface area contributed by atoms with Gasteiger partial charge in [-0.3, -0.25) is 9.69 Å². The molecule has 3 heterocycles. The summed E-state index contributed by atoms with van der Waals surface area (Å²) in [5.41, 5.74) is 4.11. The molecule has 1 amide bonds. The second-order valence-corrected chi connectivity index (χ2v) is 9.33. The van der Waals surface area contributed by atoms with Crippen molar-refractivity contribution in [2.75, 3.05) is 44.2 Å². The molecule has 2 aromatic rings. The number of carbonyl (C=O) groups is 1. The number of piperidine rings is 1. The molecule has 1 atom stereocenters. The molecule has 166 valence electrons. The Labute approximate surface area is 187 Å². The van der Waals surface area contributed by atoms with Gasteiger partial charge in [0.2, 0.25) is 5.91 Å². The lowest BCUT2D eigenvalue weighted by molar-refractivity contribution is -0.131. The van der Waals surface area contributed by atoms with E-state index in [0.29, 0.717) is 18.2 Å². The van der Waals surface area contributed by atoms with Crippen molar-refractivity contribution in [2.45, 2.75) is 46.1 Å². The third-order valence-electron chi connectivity index (χ3n) is 6.66. The van der Waals surface area contributed by atoms with Crippen molar-refractivity contribution < 1.29 is 4.79 Å². The third kappa shape index (κ3) is 6.07. The number of anilines is 1. The van der Waals surface area contributed by atoms with E-state index in [1.165, 1.54) is 36.1 Å². The number of pyridine rings is 1. The number of amides is 1. The normalized spacial score (nSPS) is 20.1. The van der Waals surface area contributed by atoms with Crippen molar-refractivity contribution in [3.8, 4) is 0 Å². The Morgan fingerprint density at radius 3 is 2.52 bits per heavy atom. The Balaban J connectivity index is 1.21. The van der Waals surface area contributed by atoms with E-state index >= 15 is 0 Å².